The molecule has 1 spiro atoms. The van der Waals surface area contributed by atoms with Gasteiger partial charge in [-0.1, -0.05) is 19.1 Å². The van der Waals surface area contributed by atoms with E-state index in [1.54, 1.807) is 17.1 Å². The number of β-amino-alcohol motifs (C(OH)–C–C–N with tert-alkyl or cyclic N) is 1. The number of ether oxygens (including phenoxy) is 2. The summed E-state index contributed by atoms with van der Waals surface area (Å²) in [6.45, 7) is 15.5. The average Bonchev–Trinajstić information content (AvgIpc) is 3.38. The molecule has 2 bridgehead atoms. The number of aliphatic hydroxyl groups excluding tert-OH is 1. The monoisotopic (exact) mass is 476 g/mol. The van der Waals surface area contributed by atoms with Crippen LogP contribution in [-0.4, -0.2) is 81.8 Å². The number of unbranched alkanes of at least 4 members (excludes halogenated alkanes) is 1. The summed E-state index contributed by atoms with van der Waals surface area (Å²) >= 11 is 0. The predicted octanol–water partition coefficient (Wildman–Crippen LogP) is 2.46. The van der Waals surface area contributed by atoms with Crippen LogP contribution in [-0.2, 0) is 23.9 Å². The molecule has 8 nitrogen and oxygen atoms in total. The van der Waals surface area contributed by atoms with Crippen molar-refractivity contribution in [1.82, 2.24) is 9.80 Å². The van der Waals surface area contributed by atoms with Crippen LogP contribution in [0.5, 0.6) is 0 Å². The number of esters is 1. The molecule has 0 aliphatic carbocycles. The fourth-order valence-electron chi connectivity index (χ4n) is 6.17. The molecule has 0 aromatic rings. The van der Waals surface area contributed by atoms with E-state index >= 15 is 0 Å². The molecule has 2 unspecified atom stereocenters. The number of hydrogen-bond acceptors (Lipinski definition) is 6. The van der Waals surface area contributed by atoms with Gasteiger partial charge in [0.2, 0.25) is 11.8 Å². The standard InChI is InChI=1S/C26H40N2O6/c1-7-10-11-17-33-23(32)19-18-21(30)27(15-16-29)20(22(31)28(14-8-2)24(4,5)6)26(18)13-12-25(19,9-3)34-26/h7-8,18-20,29H,1-2,9-17H2,3-6H3/t18-,19+,20?,25-,26?/m0/s1. The number of carbonyl (C=O) groups excluding carboxylic acids is 3. The maximum Gasteiger partial charge on any atom is 0.312 e. The van der Waals surface area contributed by atoms with Gasteiger partial charge < -0.3 is 24.4 Å². The topological polar surface area (TPSA) is 96.4 Å². The summed E-state index contributed by atoms with van der Waals surface area (Å²) in [6, 6.07) is -0.914. The Balaban J connectivity index is 2.03. The molecule has 3 fully saturated rings. The molecule has 0 aromatic heterocycles. The lowest BCUT2D eigenvalue weighted by molar-refractivity contribution is -0.163. The predicted molar refractivity (Wildman–Crippen MR) is 128 cm³/mol. The first-order chi connectivity index (χ1) is 16.0. The lowest BCUT2D eigenvalue weighted by Crippen LogP contribution is -2.60. The van der Waals surface area contributed by atoms with Crippen LogP contribution in [0.1, 0.15) is 59.8 Å². The maximum absolute atomic E-state index is 14.0. The average molecular weight is 477 g/mol. The molecular formula is C26H40N2O6. The highest BCUT2D eigenvalue weighted by Crippen LogP contribution is 2.64. The fraction of sp³-hybridized carbons (Fsp3) is 0.731. The Morgan fingerprint density at radius 1 is 1.29 bits per heavy atom. The molecule has 3 saturated heterocycles. The van der Waals surface area contributed by atoms with Gasteiger partial charge in [-0.25, -0.2) is 0 Å². The van der Waals surface area contributed by atoms with Crippen molar-refractivity contribution >= 4 is 17.8 Å². The molecule has 5 atom stereocenters. The number of hydrogen-bond donors (Lipinski definition) is 1. The lowest BCUT2D eigenvalue weighted by atomic mass is 9.65. The molecule has 190 valence electrons. The number of nitrogens with zero attached hydrogens (tertiary/aromatic N) is 2. The molecule has 0 aromatic carbocycles. The van der Waals surface area contributed by atoms with Gasteiger partial charge in [-0.15, -0.1) is 13.2 Å². The van der Waals surface area contributed by atoms with Crippen LogP contribution in [0.4, 0.5) is 0 Å². The van der Waals surface area contributed by atoms with Gasteiger partial charge in [0, 0.05) is 18.6 Å². The highest BCUT2D eigenvalue weighted by Gasteiger charge is 2.79. The molecule has 1 N–H and O–H groups in total. The third-order valence-electron chi connectivity index (χ3n) is 7.69. The summed E-state index contributed by atoms with van der Waals surface area (Å²) in [5.41, 5.74) is -2.46. The van der Waals surface area contributed by atoms with Crippen LogP contribution in [0.25, 0.3) is 0 Å². The van der Waals surface area contributed by atoms with E-state index in [9.17, 15) is 19.5 Å². The van der Waals surface area contributed by atoms with Gasteiger partial charge in [0.1, 0.15) is 17.6 Å². The van der Waals surface area contributed by atoms with Gasteiger partial charge in [0.05, 0.1) is 24.7 Å². The largest absolute Gasteiger partial charge is 0.465 e. The number of allylic oxidation sites excluding steroid dienone is 1. The Labute approximate surface area is 202 Å². The quantitative estimate of drug-likeness (QED) is 0.280. The second kappa shape index (κ2) is 9.82. The van der Waals surface area contributed by atoms with Crippen molar-refractivity contribution in [2.24, 2.45) is 11.8 Å². The summed E-state index contributed by atoms with van der Waals surface area (Å²) < 4.78 is 12.3. The van der Waals surface area contributed by atoms with Crippen molar-refractivity contribution in [2.75, 3.05) is 26.3 Å². The van der Waals surface area contributed by atoms with E-state index in [1.165, 1.54) is 4.90 Å². The van der Waals surface area contributed by atoms with Crippen LogP contribution in [0.2, 0.25) is 0 Å². The van der Waals surface area contributed by atoms with Gasteiger partial charge in [-0.3, -0.25) is 14.4 Å². The van der Waals surface area contributed by atoms with Gasteiger partial charge in [0.15, 0.2) is 0 Å². The Kier molecular flexibility index (Phi) is 7.63. The van der Waals surface area contributed by atoms with Crippen molar-refractivity contribution in [2.45, 2.75) is 82.6 Å². The van der Waals surface area contributed by atoms with Gasteiger partial charge >= 0.3 is 5.97 Å². The summed E-state index contributed by atoms with van der Waals surface area (Å²) in [7, 11) is 0. The molecule has 8 heteroatoms. The lowest BCUT2D eigenvalue weighted by Gasteiger charge is -2.42. The first-order valence-corrected chi connectivity index (χ1v) is 12.4. The molecule has 3 heterocycles. The van der Waals surface area contributed by atoms with Crippen molar-refractivity contribution < 1.29 is 29.0 Å². The minimum absolute atomic E-state index is 0.00312. The first kappa shape index (κ1) is 26.4. The first-order valence-electron chi connectivity index (χ1n) is 12.4. The number of carbonyl (C=O) groups is 3. The molecule has 3 aliphatic rings. The molecule has 2 amide bonds. The summed E-state index contributed by atoms with van der Waals surface area (Å²) in [5, 5.41) is 9.74. The Morgan fingerprint density at radius 2 is 2.00 bits per heavy atom. The van der Waals surface area contributed by atoms with E-state index in [4.69, 9.17) is 9.47 Å². The molecule has 0 saturated carbocycles. The second-order valence-electron chi connectivity index (χ2n) is 10.6. The summed E-state index contributed by atoms with van der Waals surface area (Å²) in [5.74, 6) is -2.59. The highest BCUT2D eigenvalue weighted by molar-refractivity contribution is 5.98. The Hall–Kier alpha value is -2.19. The van der Waals surface area contributed by atoms with Gasteiger partial charge in [0.25, 0.3) is 0 Å². The maximum atomic E-state index is 14.0. The van der Waals surface area contributed by atoms with Gasteiger partial charge in [-0.2, -0.15) is 0 Å². The van der Waals surface area contributed by atoms with Gasteiger partial charge in [-0.05, 0) is 52.9 Å². The molecule has 0 radical (unpaired) electrons. The molecule has 3 rings (SSSR count). The number of rotatable bonds is 11. The van der Waals surface area contributed by atoms with Crippen LogP contribution >= 0.6 is 0 Å². The number of amides is 2. The van der Waals surface area contributed by atoms with E-state index in [1.807, 2.05) is 27.7 Å². The van der Waals surface area contributed by atoms with Crippen molar-refractivity contribution in [3.8, 4) is 0 Å². The van der Waals surface area contributed by atoms with Crippen molar-refractivity contribution in [1.29, 1.82) is 0 Å². The normalized spacial score (nSPS) is 32.0. The third kappa shape index (κ3) is 4.09. The van der Waals surface area contributed by atoms with Crippen LogP contribution in [0.15, 0.2) is 25.3 Å². The summed E-state index contributed by atoms with van der Waals surface area (Å²) in [4.78, 5) is 44.3. The van der Waals surface area contributed by atoms with Crippen LogP contribution in [0.3, 0.4) is 0 Å². The third-order valence-corrected chi connectivity index (χ3v) is 7.69. The van der Waals surface area contributed by atoms with Crippen molar-refractivity contribution in [3.05, 3.63) is 25.3 Å². The highest BCUT2D eigenvalue weighted by atomic mass is 16.6. The Bertz CT molecular complexity index is 836. The van der Waals surface area contributed by atoms with Crippen LogP contribution in [0, 0.1) is 11.8 Å². The fourth-order valence-corrected chi connectivity index (χ4v) is 6.17. The Morgan fingerprint density at radius 3 is 2.56 bits per heavy atom. The zero-order valence-electron chi connectivity index (χ0n) is 21.0. The summed E-state index contributed by atoms with van der Waals surface area (Å²) in [6.07, 6.45) is 6.44. The van der Waals surface area contributed by atoms with E-state index in [2.05, 4.69) is 13.2 Å². The van der Waals surface area contributed by atoms with E-state index in [0.717, 1.165) is 6.42 Å². The van der Waals surface area contributed by atoms with E-state index in [-0.39, 0.29) is 31.6 Å². The number of fused-ring (bicyclic) bond motifs is 1. The van der Waals surface area contributed by atoms with E-state index < -0.39 is 40.6 Å². The molecule has 34 heavy (non-hydrogen) atoms. The molecular weight excluding hydrogens is 436 g/mol. The molecule has 3 aliphatic heterocycles. The second-order valence-corrected chi connectivity index (χ2v) is 10.6. The smallest absolute Gasteiger partial charge is 0.312 e. The number of likely N-dealkylation sites (tertiary alicyclic amines) is 1. The van der Waals surface area contributed by atoms with Crippen LogP contribution < -0.4 is 0 Å². The van der Waals surface area contributed by atoms with Crippen molar-refractivity contribution in [3.63, 3.8) is 0 Å². The van der Waals surface area contributed by atoms with E-state index in [0.29, 0.717) is 32.2 Å². The minimum atomic E-state index is -1.12. The minimum Gasteiger partial charge on any atom is -0.465 e. The zero-order chi connectivity index (χ0) is 25.3. The number of aliphatic hydroxyl groups is 1. The SMILES string of the molecule is C=CCCCOC(=O)[C@H]1[C@H]2C(=O)N(CCO)C(C(=O)N(CC=C)C(C)(C)C)C23CC[C@]1(CC)O3. The zero-order valence-corrected chi connectivity index (χ0v) is 21.0.